The Morgan fingerprint density at radius 2 is 2.50 bits per heavy atom. The van der Waals surface area contributed by atoms with Crippen LogP contribution in [-0.2, 0) is 6.61 Å². The van der Waals surface area contributed by atoms with Gasteiger partial charge in [0.05, 0.1) is 18.5 Å². The Morgan fingerprint density at radius 1 is 1.62 bits per heavy atom. The molecule has 1 aromatic heterocycles. The molecule has 0 aliphatic carbocycles. The monoisotopic (exact) mass is 111 g/mol. The van der Waals surface area contributed by atoms with Gasteiger partial charge >= 0.3 is 0 Å². The Labute approximate surface area is 46.2 Å². The zero-order valence-corrected chi connectivity index (χ0v) is 4.15. The Hall–Kier alpha value is -1.03. The fourth-order valence-corrected chi connectivity index (χ4v) is 0.350. The number of rotatable bonds is 1. The molecule has 1 aromatic rings. The summed E-state index contributed by atoms with van der Waals surface area (Å²) in [5.41, 5.74) is 0.542. The first-order valence-electron chi connectivity index (χ1n) is 2.17. The zero-order chi connectivity index (χ0) is 5.82. The van der Waals surface area contributed by atoms with Crippen molar-refractivity contribution in [3.63, 3.8) is 0 Å². The van der Waals surface area contributed by atoms with Crippen LogP contribution in [0.15, 0.2) is 12.3 Å². The van der Waals surface area contributed by atoms with Crippen LogP contribution in [-0.4, -0.2) is 20.5 Å². The van der Waals surface area contributed by atoms with Crippen LogP contribution in [0.4, 0.5) is 0 Å². The summed E-state index contributed by atoms with van der Waals surface area (Å²) in [5.74, 6) is 0. The van der Waals surface area contributed by atoms with Gasteiger partial charge in [-0.05, 0) is 11.3 Å². The third-order valence-electron chi connectivity index (χ3n) is 0.720. The quantitative estimate of drug-likeness (QED) is 0.524. The van der Waals surface area contributed by atoms with Gasteiger partial charge in [-0.25, -0.2) is 0 Å². The molecule has 4 heteroatoms. The highest BCUT2D eigenvalue weighted by Gasteiger charge is 1.85. The van der Waals surface area contributed by atoms with Gasteiger partial charge < -0.3 is 5.11 Å². The summed E-state index contributed by atoms with van der Waals surface area (Å²) in [6, 6.07) is 1.60. The van der Waals surface area contributed by atoms with Gasteiger partial charge in [0.15, 0.2) is 0 Å². The minimum atomic E-state index is -0.0739. The number of aliphatic hydroxyl groups excluding tert-OH is 1. The normalized spacial score (nSPS) is 9.12. The van der Waals surface area contributed by atoms with Crippen LogP contribution in [0.3, 0.4) is 0 Å². The molecule has 0 bridgehead atoms. The molecule has 0 aliphatic heterocycles. The summed E-state index contributed by atoms with van der Waals surface area (Å²) in [6.07, 6.45) is 1.48. The van der Waals surface area contributed by atoms with Crippen molar-refractivity contribution < 1.29 is 5.11 Å². The van der Waals surface area contributed by atoms with Crippen LogP contribution in [0.1, 0.15) is 5.69 Å². The van der Waals surface area contributed by atoms with E-state index in [0.29, 0.717) is 5.69 Å². The van der Waals surface area contributed by atoms with Crippen LogP contribution < -0.4 is 0 Å². The molecule has 0 atom stereocenters. The molecule has 8 heavy (non-hydrogen) atoms. The number of nitrogens with zero attached hydrogens (tertiary/aromatic N) is 3. The van der Waals surface area contributed by atoms with Gasteiger partial charge in [-0.15, -0.1) is 10.2 Å². The first kappa shape index (κ1) is 5.11. The van der Waals surface area contributed by atoms with Gasteiger partial charge in [-0.1, -0.05) is 0 Å². The smallest absolute Gasteiger partial charge is 0.0919 e. The van der Waals surface area contributed by atoms with Crippen LogP contribution in [0, 0.1) is 0 Å². The summed E-state index contributed by atoms with van der Waals surface area (Å²) in [7, 11) is 0. The van der Waals surface area contributed by atoms with Crippen molar-refractivity contribution in [1.82, 2.24) is 15.4 Å². The molecule has 0 saturated heterocycles. The minimum Gasteiger partial charge on any atom is -0.390 e. The molecule has 0 fully saturated rings. The zero-order valence-electron chi connectivity index (χ0n) is 4.15. The van der Waals surface area contributed by atoms with E-state index in [0.717, 1.165) is 0 Å². The number of hydrogen-bond acceptors (Lipinski definition) is 4. The minimum absolute atomic E-state index is 0.0739. The Bertz CT molecular complexity index is 153. The molecule has 0 aromatic carbocycles. The Morgan fingerprint density at radius 3 is 2.88 bits per heavy atom. The first-order valence-corrected chi connectivity index (χ1v) is 2.17. The van der Waals surface area contributed by atoms with Crippen LogP contribution in [0.5, 0.6) is 0 Å². The lowest BCUT2D eigenvalue weighted by molar-refractivity contribution is 0.274. The van der Waals surface area contributed by atoms with Gasteiger partial charge in [0, 0.05) is 0 Å². The van der Waals surface area contributed by atoms with Crippen LogP contribution in [0.2, 0.25) is 0 Å². The van der Waals surface area contributed by atoms with Crippen molar-refractivity contribution in [3.8, 4) is 0 Å². The molecule has 1 rings (SSSR count). The third kappa shape index (κ3) is 0.974. The van der Waals surface area contributed by atoms with E-state index in [-0.39, 0.29) is 6.61 Å². The van der Waals surface area contributed by atoms with Gasteiger partial charge in [0.1, 0.15) is 0 Å². The number of aliphatic hydroxyl groups is 1. The topological polar surface area (TPSA) is 58.9 Å². The molecular weight excluding hydrogens is 106 g/mol. The molecule has 0 saturated carbocycles. The maximum absolute atomic E-state index is 8.41. The van der Waals surface area contributed by atoms with Crippen molar-refractivity contribution in [2.45, 2.75) is 6.61 Å². The van der Waals surface area contributed by atoms with Crippen molar-refractivity contribution in [3.05, 3.63) is 18.0 Å². The average Bonchev–Trinajstić information content (AvgIpc) is 1.90. The fraction of sp³-hybridized carbons (Fsp3) is 0.250. The standard InChI is InChI=1S/C4H5N3O/c8-3-4-1-2-5-7-6-4/h1-2,8H,3H2. The summed E-state index contributed by atoms with van der Waals surface area (Å²) in [5, 5.41) is 18.6. The highest BCUT2D eigenvalue weighted by molar-refractivity contribution is 4.91. The van der Waals surface area contributed by atoms with E-state index in [4.69, 9.17) is 5.11 Å². The number of aromatic nitrogens is 3. The Kier molecular flexibility index (Phi) is 1.48. The molecule has 1 N–H and O–H groups in total. The third-order valence-corrected chi connectivity index (χ3v) is 0.720. The van der Waals surface area contributed by atoms with Gasteiger partial charge in [-0.2, -0.15) is 0 Å². The molecule has 0 amide bonds. The summed E-state index contributed by atoms with van der Waals surface area (Å²) in [6.45, 7) is -0.0739. The second-order valence-corrected chi connectivity index (χ2v) is 1.27. The highest BCUT2D eigenvalue weighted by atomic mass is 16.3. The first-order chi connectivity index (χ1) is 3.93. The van der Waals surface area contributed by atoms with E-state index in [9.17, 15) is 0 Å². The largest absolute Gasteiger partial charge is 0.390 e. The summed E-state index contributed by atoms with van der Waals surface area (Å²) in [4.78, 5) is 0. The van der Waals surface area contributed by atoms with E-state index in [1.807, 2.05) is 0 Å². The molecule has 0 radical (unpaired) electrons. The summed E-state index contributed by atoms with van der Waals surface area (Å²) < 4.78 is 0. The lowest BCUT2D eigenvalue weighted by Crippen LogP contribution is -1.91. The second-order valence-electron chi connectivity index (χ2n) is 1.27. The van der Waals surface area contributed by atoms with Crippen LogP contribution in [0.25, 0.3) is 0 Å². The van der Waals surface area contributed by atoms with Gasteiger partial charge in [0.25, 0.3) is 0 Å². The SMILES string of the molecule is OCc1ccnnn1. The lowest BCUT2D eigenvalue weighted by atomic mass is 10.5. The maximum Gasteiger partial charge on any atom is 0.0919 e. The van der Waals surface area contributed by atoms with Crippen LogP contribution >= 0.6 is 0 Å². The fourth-order valence-electron chi connectivity index (χ4n) is 0.350. The Balaban J connectivity index is 2.83. The lowest BCUT2D eigenvalue weighted by Gasteiger charge is -1.85. The molecule has 4 nitrogen and oxygen atoms in total. The van der Waals surface area contributed by atoms with Crippen molar-refractivity contribution in [1.29, 1.82) is 0 Å². The summed E-state index contributed by atoms with van der Waals surface area (Å²) >= 11 is 0. The van der Waals surface area contributed by atoms with Crippen molar-refractivity contribution in [2.75, 3.05) is 0 Å². The predicted octanol–water partition coefficient (Wildman–Crippen LogP) is -0.636. The molecule has 0 unspecified atom stereocenters. The van der Waals surface area contributed by atoms with Crippen molar-refractivity contribution >= 4 is 0 Å². The van der Waals surface area contributed by atoms with E-state index in [1.54, 1.807) is 6.07 Å². The molecule has 42 valence electrons. The maximum atomic E-state index is 8.41. The molecular formula is C4H5N3O. The van der Waals surface area contributed by atoms with E-state index in [2.05, 4.69) is 15.4 Å². The number of hydrogen-bond donors (Lipinski definition) is 1. The predicted molar refractivity (Wildman–Crippen MR) is 25.7 cm³/mol. The van der Waals surface area contributed by atoms with Gasteiger partial charge in [0.2, 0.25) is 0 Å². The van der Waals surface area contributed by atoms with E-state index >= 15 is 0 Å². The molecule has 0 spiro atoms. The van der Waals surface area contributed by atoms with E-state index in [1.165, 1.54) is 6.20 Å². The highest BCUT2D eigenvalue weighted by Crippen LogP contribution is 1.84. The van der Waals surface area contributed by atoms with Gasteiger partial charge in [-0.3, -0.25) is 0 Å². The molecule has 0 aliphatic rings. The van der Waals surface area contributed by atoms with Crippen molar-refractivity contribution in [2.24, 2.45) is 0 Å². The second kappa shape index (κ2) is 2.32. The molecule has 1 heterocycles. The average molecular weight is 111 g/mol. The van der Waals surface area contributed by atoms with E-state index < -0.39 is 0 Å².